The Hall–Kier alpha value is -0.690. The zero-order chi connectivity index (χ0) is 18.6. The second-order valence-electron chi connectivity index (χ2n) is 8.79. The smallest absolute Gasteiger partial charge is 0.306 e. The highest BCUT2D eigenvalue weighted by Crippen LogP contribution is 2.42. The van der Waals surface area contributed by atoms with Crippen LogP contribution in [0.5, 0.6) is 0 Å². The number of fused-ring (bicyclic) bond motifs is 1. The monoisotopic (exact) mass is 356 g/mol. The van der Waals surface area contributed by atoms with Crippen LogP contribution < -0.4 is 0 Å². The third-order valence-electron chi connectivity index (χ3n) is 5.77. The lowest BCUT2D eigenvalue weighted by molar-refractivity contribution is -0.357. The first-order valence-electron chi connectivity index (χ1n) is 9.36. The summed E-state index contributed by atoms with van der Waals surface area (Å²) in [5, 5.41) is 0. The fraction of sp³-hybridized carbons (Fsp3) is 0.947. The molecule has 6 heteroatoms. The Labute approximate surface area is 150 Å². The van der Waals surface area contributed by atoms with Crippen LogP contribution in [0.25, 0.3) is 0 Å². The van der Waals surface area contributed by atoms with Crippen molar-refractivity contribution in [2.75, 3.05) is 6.61 Å². The van der Waals surface area contributed by atoms with Crippen molar-refractivity contribution in [3.63, 3.8) is 0 Å². The second kappa shape index (κ2) is 6.48. The molecule has 0 N–H and O–H groups in total. The first kappa shape index (κ1) is 19.1. The number of hydrogen-bond donors (Lipinski definition) is 0. The summed E-state index contributed by atoms with van der Waals surface area (Å²) in [5.41, 5.74) is 0. The zero-order valence-corrected chi connectivity index (χ0v) is 16.4. The fourth-order valence-corrected chi connectivity index (χ4v) is 4.18. The minimum atomic E-state index is -0.704. The van der Waals surface area contributed by atoms with Crippen molar-refractivity contribution in [3.05, 3.63) is 0 Å². The van der Waals surface area contributed by atoms with E-state index < -0.39 is 11.6 Å². The SMILES string of the molecule is C[C@@H]([C@H](C)[C@H]1COC(C)(C)O1)[C@H]1OC(C)(C)O[C@@H]2[C@@H]1OC(=O)C[C@H]2C. The van der Waals surface area contributed by atoms with Crippen LogP contribution in [-0.2, 0) is 28.5 Å². The number of carbonyl (C=O) groups excluding carboxylic acids is 1. The molecule has 0 aromatic heterocycles. The molecule has 0 aliphatic carbocycles. The van der Waals surface area contributed by atoms with Gasteiger partial charge < -0.3 is 23.7 Å². The predicted molar refractivity (Wildman–Crippen MR) is 90.7 cm³/mol. The molecule has 0 aromatic rings. The van der Waals surface area contributed by atoms with Crippen molar-refractivity contribution in [1.82, 2.24) is 0 Å². The van der Waals surface area contributed by atoms with Crippen LogP contribution in [0, 0.1) is 17.8 Å². The van der Waals surface area contributed by atoms with Crippen LogP contribution in [0.15, 0.2) is 0 Å². The minimum absolute atomic E-state index is 0.00489. The molecular formula is C19H32O6. The van der Waals surface area contributed by atoms with Crippen LogP contribution in [0.2, 0.25) is 0 Å². The maximum absolute atomic E-state index is 12.0. The molecule has 3 aliphatic rings. The Morgan fingerprint density at radius 1 is 0.960 bits per heavy atom. The van der Waals surface area contributed by atoms with Crippen molar-refractivity contribution in [1.29, 1.82) is 0 Å². The number of hydrogen-bond acceptors (Lipinski definition) is 6. The summed E-state index contributed by atoms with van der Waals surface area (Å²) in [6.07, 6.45) is -0.366. The molecule has 3 saturated heterocycles. The van der Waals surface area contributed by atoms with Gasteiger partial charge in [-0.25, -0.2) is 0 Å². The van der Waals surface area contributed by atoms with Crippen molar-refractivity contribution < 1.29 is 28.5 Å². The molecule has 6 nitrogen and oxygen atoms in total. The summed E-state index contributed by atoms with van der Waals surface area (Å²) < 4.78 is 29.8. The number of ether oxygens (including phenoxy) is 5. The largest absolute Gasteiger partial charge is 0.457 e. The van der Waals surface area contributed by atoms with Crippen LogP contribution in [0.3, 0.4) is 0 Å². The standard InChI is InChI=1S/C19H32O6/c1-10-8-14(20)22-17-15(10)24-19(6,7)25-16(17)12(3)11(2)13-9-21-18(4,5)23-13/h10-13,15-17H,8-9H2,1-7H3/t10-,11+,12+,13-,15+,16-,17+/m1/s1. The highest BCUT2D eigenvalue weighted by atomic mass is 16.7. The van der Waals surface area contributed by atoms with Gasteiger partial charge in [-0.05, 0) is 45.4 Å². The molecule has 3 fully saturated rings. The van der Waals surface area contributed by atoms with E-state index in [9.17, 15) is 4.79 Å². The maximum Gasteiger partial charge on any atom is 0.306 e. The summed E-state index contributed by atoms with van der Waals surface area (Å²) >= 11 is 0. The second-order valence-corrected chi connectivity index (χ2v) is 8.79. The van der Waals surface area contributed by atoms with E-state index in [2.05, 4.69) is 13.8 Å². The zero-order valence-electron chi connectivity index (χ0n) is 16.4. The van der Waals surface area contributed by atoms with Gasteiger partial charge in [0.1, 0.15) is 12.2 Å². The number of esters is 1. The Kier molecular flexibility index (Phi) is 4.95. The molecule has 3 rings (SSSR count). The highest BCUT2D eigenvalue weighted by Gasteiger charge is 2.53. The van der Waals surface area contributed by atoms with Gasteiger partial charge in [0.2, 0.25) is 0 Å². The van der Waals surface area contributed by atoms with E-state index in [4.69, 9.17) is 23.7 Å². The van der Waals surface area contributed by atoms with Gasteiger partial charge in [-0.15, -0.1) is 0 Å². The molecule has 144 valence electrons. The number of rotatable bonds is 3. The van der Waals surface area contributed by atoms with Crippen LogP contribution >= 0.6 is 0 Å². The molecule has 0 amide bonds. The normalized spacial score (nSPS) is 42.4. The van der Waals surface area contributed by atoms with Crippen LogP contribution in [0.1, 0.15) is 54.9 Å². The lowest BCUT2D eigenvalue weighted by atomic mass is 9.79. The predicted octanol–water partition coefficient (Wildman–Crippen LogP) is 2.88. The summed E-state index contributed by atoms with van der Waals surface area (Å²) in [4.78, 5) is 12.0. The van der Waals surface area contributed by atoms with Gasteiger partial charge in [0.15, 0.2) is 17.7 Å². The fourth-order valence-electron chi connectivity index (χ4n) is 4.18. The molecule has 3 heterocycles. The van der Waals surface area contributed by atoms with E-state index in [-0.39, 0.29) is 48.1 Å². The van der Waals surface area contributed by atoms with E-state index in [0.29, 0.717) is 13.0 Å². The molecule has 3 aliphatic heterocycles. The van der Waals surface area contributed by atoms with E-state index in [0.717, 1.165) is 0 Å². The van der Waals surface area contributed by atoms with E-state index in [1.807, 2.05) is 34.6 Å². The third kappa shape index (κ3) is 3.87. The molecule has 7 atom stereocenters. The van der Waals surface area contributed by atoms with E-state index >= 15 is 0 Å². The topological polar surface area (TPSA) is 63.2 Å². The maximum atomic E-state index is 12.0. The van der Waals surface area contributed by atoms with Gasteiger partial charge in [-0.2, -0.15) is 0 Å². The Balaban J connectivity index is 1.79. The molecule has 0 spiro atoms. The summed E-state index contributed by atoms with van der Waals surface area (Å²) in [6.45, 7) is 14.6. The third-order valence-corrected chi connectivity index (χ3v) is 5.77. The quantitative estimate of drug-likeness (QED) is 0.725. The molecule has 25 heavy (non-hydrogen) atoms. The summed E-state index contributed by atoms with van der Waals surface area (Å²) in [5.74, 6) is -1.00. The Morgan fingerprint density at radius 2 is 1.64 bits per heavy atom. The van der Waals surface area contributed by atoms with Crippen LogP contribution in [0.4, 0.5) is 0 Å². The molecule has 0 radical (unpaired) electrons. The van der Waals surface area contributed by atoms with Crippen LogP contribution in [-0.4, -0.2) is 48.6 Å². The van der Waals surface area contributed by atoms with Gasteiger partial charge >= 0.3 is 5.97 Å². The van der Waals surface area contributed by atoms with E-state index in [1.54, 1.807) is 0 Å². The van der Waals surface area contributed by atoms with Gasteiger partial charge in [0, 0.05) is 0 Å². The summed E-state index contributed by atoms with van der Waals surface area (Å²) in [7, 11) is 0. The van der Waals surface area contributed by atoms with E-state index in [1.165, 1.54) is 0 Å². The highest BCUT2D eigenvalue weighted by molar-refractivity contribution is 5.71. The molecule has 0 aromatic carbocycles. The average Bonchev–Trinajstić information content (AvgIpc) is 2.86. The Bertz CT molecular complexity index is 516. The molecule has 0 bridgehead atoms. The minimum Gasteiger partial charge on any atom is -0.457 e. The number of carbonyl (C=O) groups is 1. The Morgan fingerprint density at radius 3 is 2.24 bits per heavy atom. The molecule has 0 unspecified atom stereocenters. The average molecular weight is 356 g/mol. The lowest BCUT2D eigenvalue weighted by Gasteiger charge is -2.51. The van der Waals surface area contributed by atoms with Gasteiger partial charge in [-0.1, -0.05) is 20.8 Å². The first-order chi connectivity index (χ1) is 11.5. The summed E-state index contributed by atoms with van der Waals surface area (Å²) in [6, 6.07) is 0. The van der Waals surface area contributed by atoms with Crippen molar-refractivity contribution in [2.45, 2.75) is 90.9 Å². The van der Waals surface area contributed by atoms with Crippen molar-refractivity contribution in [3.8, 4) is 0 Å². The van der Waals surface area contributed by atoms with Gasteiger partial charge in [-0.3, -0.25) is 4.79 Å². The lowest BCUT2D eigenvalue weighted by Crippen LogP contribution is -2.62. The molecule has 0 saturated carbocycles. The first-order valence-corrected chi connectivity index (χ1v) is 9.36. The van der Waals surface area contributed by atoms with Crippen molar-refractivity contribution in [2.24, 2.45) is 17.8 Å². The van der Waals surface area contributed by atoms with Gasteiger partial charge in [0.25, 0.3) is 0 Å². The van der Waals surface area contributed by atoms with Crippen molar-refractivity contribution >= 4 is 5.97 Å². The molecular weight excluding hydrogens is 324 g/mol. The van der Waals surface area contributed by atoms with Gasteiger partial charge in [0.05, 0.1) is 19.1 Å².